The minimum absolute atomic E-state index is 0.314. The number of rotatable bonds is 7. The first-order valence-corrected chi connectivity index (χ1v) is 8.99. The fourth-order valence-corrected chi connectivity index (χ4v) is 4.06. The van der Waals surface area contributed by atoms with E-state index in [-0.39, 0.29) is 0 Å². The third-order valence-electron chi connectivity index (χ3n) is 4.16. The first-order valence-electron chi connectivity index (χ1n) is 7.55. The van der Waals surface area contributed by atoms with Gasteiger partial charge in [0.05, 0.1) is 17.4 Å². The molecule has 112 valence electrons. The molecular formula is C16H20N2O2S. The Morgan fingerprint density at radius 3 is 2.00 bits per heavy atom. The standard InChI is InChI=1S/C16H20N2O2S/c17-10-9-13-5-7-16(8-6-13)21(19,20)18(11-14-1-2-14)12-15-3-4-15/h5-8,14-15H,1-4,9,11-12H2. The first-order chi connectivity index (χ1) is 10.1. The summed E-state index contributed by atoms with van der Waals surface area (Å²) >= 11 is 0. The van der Waals surface area contributed by atoms with Gasteiger partial charge in [-0.15, -0.1) is 0 Å². The van der Waals surface area contributed by atoms with Gasteiger partial charge in [-0.05, 0) is 55.2 Å². The summed E-state index contributed by atoms with van der Waals surface area (Å²) < 4.78 is 27.3. The van der Waals surface area contributed by atoms with Gasteiger partial charge in [0.2, 0.25) is 10.0 Å². The van der Waals surface area contributed by atoms with Crippen LogP contribution in [0.1, 0.15) is 31.2 Å². The quantitative estimate of drug-likeness (QED) is 0.778. The molecule has 2 aliphatic carbocycles. The Morgan fingerprint density at radius 1 is 1.05 bits per heavy atom. The Hall–Kier alpha value is -1.38. The molecule has 21 heavy (non-hydrogen) atoms. The van der Waals surface area contributed by atoms with Crippen LogP contribution in [0.3, 0.4) is 0 Å². The van der Waals surface area contributed by atoms with Gasteiger partial charge >= 0.3 is 0 Å². The zero-order valence-corrected chi connectivity index (χ0v) is 12.8. The molecule has 1 aromatic rings. The number of nitriles is 1. The van der Waals surface area contributed by atoms with Crippen molar-refractivity contribution in [1.82, 2.24) is 4.31 Å². The zero-order valence-electron chi connectivity index (χ0n) is 12.0. The number of nitrogens with zero attached hydrogens (tertiary/aromatic N) is 2. The molecule has 5 heteroatoms. The predicted octanol–water partition coefficient (Wildman–Crippen LogP) is 2.56. The Bertz CT molecular complexity index is 624. The first kappa shape index (κ1) is 14.6. The minimum Gasteiger partial charge on any atom is -0.207 e. The topological polar surface area (TPSA) is 61.2 Å². The number of hydrogen-bond donors (Lipinski definition) is 0. The monoisotopic (exact) mass is 304 g/mol. The van der Waals surface area contributed by atoms with Crippen LogP contribution in [0, 0.1) is 23.2 Å². The molecule has 0 spiro atoms. The molecule has 3 rings (SSSR count). The largest absolute Gasteiger partial charge is 0.243 e. The highest BCUT2D eigenvalue weighted by Crippen LogP contribution is 2.35. The van der Waals surface area contributed by atoms with Crippen LogP contribution in [-0.4, -0.2) is 25.8 Å². The highest BCUT2D eigenvalue weighted by molar-refractivity contribution is 7.89. The van der Waals surface area contributed by atoms with Gasteiger partial charge in [0.25, 0.3) is 0 Å². The lowest BCUT2D eigenvalue weighted by atomic mass is 10.2. The van der Waals surface area contributed by atoms with Crippen LogP contribution < -0.4 is 0 Å². The van der Waals surface area contributed by atoms with Gasteiger partial charge in [-0.2, -0.15) is 9.57 Å². The highest BCUT2D eigenvalue weighted by Gasteiger charge is 2.35. The molecule has 4 nitrogen and oxygen atoms in total. The molecule has 0 bridgehead atoms. The molecule has 0 aliphatic heterocycles. The fourth-order valence-electron chi connectivity index (χ4n) is 2.47. The summed E-state index contributed by atoms with van der Waals surface area (Å²) in [5.74, 6) is 1.10. The van der Waals surface area contributed by atoms with Crippen molar-refractivity contribution in [3.05, 3.63) is 29.8 Å². The van der Waals surface area contributed by atoms with Gasteiger partial charge in [-0.1, -0.05) is 12.1 Å². The summed E-state index contributed by atoms with van der Waals surface area (Å²) in [6, 6.07) is 8.82. The van der Waals surface area contributed by atoms with Crippen molar-refractivity contribution >= 4 is 10.0 Å². The molecule has 0 radical (unpaired) electrons. The molecule has 2 fully saturated rings. The predicted molar refractivity (Wildman–Crippen MR) is 80.0 cm³/mol. The smallest absolute Gasteiger partial charge is 0.207 e. The van der Waals surface area contributed by atoms with E-state index in [2.05, 4.69) is 6.07 Å². The molecule has 0 unspecified atom stereocenters. The van der Waals surface area contributed by atoms with Crippen LogP contribution in [0.15, 0.2) is 29.2 Å². The fraction of sp³-hybridized carbons (Fsp3) is 0.562. The van der Waals surface area contributed by atoms with E-state index in [1.54, 1.807) is 28.6 Å². The van der Waals surface area contributed by atoms with Gasteiger partial charge in [0.15, 0.2) is 0 Å². The van der Waals surface area contributed by atoms with Gasteiger partial charge in [0.1, 0.15) is 0 Å². The van der Waals surface area contributed by atoms with Crippen molar-refractivity contribution in [2.45, 2.75) is 37.0 Å². The van der Waals surface area contributed by atoms with Crippen LogP contribution in [0.2, 0.25) is 0 Å². The summed E-state index contributed by atoms with van der Waals surface area (Å²) in [4.78, 5) is 0.352. The van der Waals surface area contributed by atoms with Crippen LogP contribution in [0.4, 0.5) is 0 Å². The van der Waals surface area contributed by atoms with Crippen molar-refractivity contribution in [2.24, 2.45) is 11.8 Å². The Labute approximate surface area is 126 Å². The molecule has 0 amide bonds. The maximum absolute atomic E-state index is 12.8. The van der Waals surface area contributed by atoms with Gasteiger partial charge in [-0.25, -0.2) is 8.42 Å². The lowest BCUT2D eigenvalue weighted by molar-refractivity contribution is 0.382. The van der Waals surface area contributed by atoms with E-state index in [1.165, 1.54) is 0 Å². The van der Waals surface area contributed by atoms with E-state index >= 15 is 0 Å². The van der Waals surface area contributed by atoms with Crippen LogP contribution in [-0.2, 0) is 16.4 Å². The van der Waals surface area contributed by atoms with Crippen molar-refractivity contribution in [3.8, 4) is 6.07 Å². The summed E-state index contributed by atoms with van der Waals surface area (Å²) in [5.41, 5.74) is 0.854. The summed E-state index contributed by atoms with van der Waals surface area (Å²) in [7, 11) is -3.39. The van der Waals surface area contributed by atoms with Crippen LogP contribution in [0.5, 0.6) is 0 Å². The van der Waals surface area contributed by atoms with Gasteiger partial charge in [0, 0.05) is 13.1 Å². The SMILES string of the molecule is N#CCc1ccc(S(=O)(=O)N(CC2CC2)CC2CC2)cc1. The molecule has 1 aromatic carbocycles. The Kier molecular flexibility index (Phi) is 4.01. The minimum atomic E-state index is -3.39. The summed E-state index contributed by atoms with van der Waals surface area (Å²) in [6.45, 7) is 1.33. The Balaban J connectivity index is 1.79. The summed E-state index contributed by atoms with van der Waals surface area (Å²) in [5, 5.41) is 8.67. The second-order valence-corrected chi connectivity index (χ2v) is 8.13. The summed E-state index contributed by atoms with van der Waals surface area (Å²) in [6.07, 6.45) is 4.92. The lowest BCUT2D eigenvalue weighted by Crippen LogP contribution is -2.34. The molecule has 0 N–H and O–H groups in total. The molecule has 0 saturated heterocycles. The number of benzene rings is 1. The van der Waals surface area contributed by atoms with E-state index < -0.39 is 10.0 Å². The highest BCUT2D eigenvalue weighted by atomic mass is 32.2. The van der Waals surface area contributed by atoms with Crippen molar-refractivity contribution in [1.29, 1.82) is 5.26 Å². The molecule has 0 atom stereocenters. The van der Waals surface area contributed by atoms with Gasteiger partial charge in [-0.3, -0.25) is 0 Å². The maximum atomic E-state index is 12.8. The molecule has 0 aromatic heterocycles. The lowest BCUT2D eigenvalue weighted by Gasteiger charge is -2.22. The van der Waals surface area contributed by atoms with E-state index in [1.807, 2.05) is 0 Å². The second kappa shape index (κ2) is 5.78. The number of hydrogen-bond acceptors (Lipinski definition) is 3. The molecule has 2 aliphatic rings. The van der Waals surface area contributed by atoms with Crippen molar-refractivity contribution in [3.63, 3.8) is 0 Å². The molecule has 0 heterocycles. The van der Waals surface area contributed by atoms with E-state index in [9.17, 15) is 8.42 Å². The average molecular weight is 304 g/mol. The third-order valence-corrected chi connectivity index (χ3v) is 6.01. The van der Waals surface area contributed by atoms with Crippen LogP contribution >= 0.6 is 0 Å². The van der Waals surface area contributed by atoms with Crippen molar-refractivity contribution in [2.75, 3.05) is 13.1 Å². The molecule has 2 saturated carbocycles. The Morgan fingerprint density at radius 2 is 1.57 bits per heavy atom. The van der Waals surface area contributed by atoms with E-state index in [0.29, 0.717) is 36.2 Å². The van der Waals surface area contributed by atoms with E-state index in [4.69, 9.17) is 5.26 Å². The molecular weight excluding hydrogens is 284 g/mol. The third kappa shape index (κ3) is 3.63. The van der Waals surface area contributed by atoms with Crippen LogP contribution in [0.25, 0.3) is 0 Å². The second-order valence-electron chi connectivity index (χ2n) is 6.19. The normalized spacial score (nSPS) is 18.7. The maximum Gasteiger partial charge on any atom is 0.243 e. The van der Waals surface area contributed by atoms with Gasteiger partial charge < -0.3 is 0 Å². The zero-order chi connectivity index (χ0) is 14.9. The average Bonchev–Trinajstić information content (AvgIpc) is 3.34. The number of sulfonamides is 1. The van der Waals surface area contributed by atoms with E-state index in [0.717, 1.165) is 31.2 Å². The van der Waals surface area contributed by atoms with Crippen molar-refractivity contribution < 1.29 is 8.42 Å².